The number of methoxy groups -OCH3 is 1. The maximum absolute atomic E-state index is 10.4. The van der Waals surface area contributed by atoms with Crippen LogP contribution in [0, 0.1) is 5.92 Å². The van der Waals surface area contributed by atoms with E-state index >= 15 is 0 Å². The Labute approximate surface area is 128 Å². The summed E-state index contributed by atoms with van der Waals surface area (Å²) in [7, 11) is 3.80. The number of nitrogens with zero attached hydrogens (tertiary/aromatic N) is 1. The lowest BCUT2D eigenvalue weighted by molar-refractivity contribution is 0.0840. The van der Waals surface area contributed by atoms with E-state index in [2.05, 4.69) is 18.9 Å². The van der Waals surface area contributed by atoms with Crippen molar-refractivity contribution in [1.29, 1.82) is 0 Å². The second kappa shape index (κ2) is 7.81. The van der Waals surface area contributed by atoms with Gasteiger partial charge in [0.05, 0.1) is 13.2 Å². The molecule has 0 radical (unpaired) electrons. The molecule has 1 fully saturated rings. The number of benzene rings is 1. The Morgan fingerprint density at radius 2 is 1.81 bits per heavy atom. The van der Waals surface area contributed by atoms with Gasteiger partial charge in [-0.05, 0) is 56.3 Å². The maximum atomic E-state index is 10.4. The summed E-state index contributed by atoms with van der Waals surface area (Å²) in [6, 6.07) is 8.34. The molecule has 1 aliphatic carbocycles. The summed E-state index contributed by atoms with van der Waals surface area (Å²) in [6.45, 7) is 3.00. The van der Waals surface area contributed by atoms with Crippen molar-refractivity contribution in [3.05, 3.63) is 29.8 Å². The van der Waals surface area contributed by atoms with Crippen LogP contribution in [0.3, 0.4) is 0 Å². The van der Waals surface area contributed by atoms with E-state index in [9.17, 15) is 5.11 Å². The van der Waals surface area contributed by atoms with Crippen LogP contribution in [-0.2, 0) is 0 Å². The zero-order chi connectivity index (χ0) is 15.2. The fourth-order valence-electron chi connectivity index (χ4n) is 3.35. The van der Waals surface area contributed by atoms with E-state index in [0.717, 1.165) is 17.2 Å². The molecule has 0 aromatic heterocycles. The molecule has 0 bridgehead atoms. The third-order valence-electron chi connectivity index (χ3n) is 4.98. The SMILES string of the molecule is CCC1CCC(N(C)CC(O)c2ccc(OC)cc2)CC1. The number of hydrogen-bond acceptors (Lipinski definition) is 3. The Morgan fingerprint density at radius 1 is 1.19 bits per heavy atom. The Bertz CT molecular complexity index is 410. The van der Waals surface area contributed by atoms with Crippen LogP contribution in [0.25, 0.3) is 0 Å². The van der Waals surface area contributed by atoms with Crippen LogP contribution < -0.4 is 4.74 Å². The van der Waals surface area contributed by atoms with Crippen molar-refractivity contribution in [3.63, 3.8) is 0 Å². The lowest BCUT2D eigenvalue weighted by Crippen LogP contribution is -2.37. The Balaban J connectivity index is 1.85. The van der Waals surface area contributed by atoms with E-state index in [4.69, 9.17) is 4.74 Å². The number of ether oxygens (including phenoxy) is 1. The maximum Gasteiger partial charge on any atom is 0.118 e. The molecule has 0 spiro atoms. The molecule has 0 aliphatic heterocycles. The van der Waals surface area contributed by atoms with Crippen LogP contribution in [-0.4, -0.2) is 36.8 Å². The van der Waals surface area contributed by atoms with Crippen LogP contribution in [0.2, 0.25) is 0 Å². The van der Waals surface area contributed by atoms with Crippen molar-refractivity contribution in [2.45, 2.75) is 51.2 Å². The number of aliphatic hydroxyl groups is 1. The Hall–Kier alpha value is -1.06. The summed E-state index contributed by atoms with van der Waals surface area (Å²) in [5.41, 5.74) is 0.963. The number of aliphatic hydroxyl groups excluding tert-OH is 1. The molecule has 0 heterocycles. The molecule has 1 aliphatic rings. The van der Waals surface area contributed by atoms with Gasteiger partial charge in [0.25, 0.3) is 0 Å². The standard InChI is InChI=1S/C18H29NO2/c1-4-14-5-9-16(10-6-14)19(2)13-18(20)15-7-11-17(21-3)12-8-15/h7-8,11-12,14,16,18,20H,4-6,9-10,13H2,1-3H3. The Kier molecular flexibility index (Phi) is 6.07. The quantitative estimate of drug-likeness (QED) is 0.868. The minimum atomic E-state index is -0.426. The fourth-order valence-corrected chi connectivity index (χ4v) is 3.35. The van der Waals surface area contributed by atoms with E-state index in [0.29, 0.717) is 12.6 Å². The molecule has 0 amide bonds. The highest BCUT2D eigenvalue weighted by Gasteiger charge is 2.24. The molecular weight excluding hydrogens is 262 g/mol. The van der Waals surface area contributed by atoms with E-state index in [1.54, 1.807) is 7.11 Å². The van der Waals surface area contributed by atoms with Crippen molar-refractivity contribution >= 4 is 0 Å². The van der Waals surface area contributed by atoms with Crippen LogP contribution in [0.5, 0.6) is 5.75 Å². The van der Waals surface area contributed by atoms with Gasteiger partial charge < -0.3 is 14.7 Å². The molecule has 0 saturated heterocycles. The summed E-state index contributed by atoms with van der Waals surface area (Å²) >= 11 is 0. The van der Waals surface area contributed by atoms with E-state index < -0.39 is 6.10 Å². The van der Waals surface area contributed by atoms with Gasteiger partial charge in [-0.2, -0.15) is 0 Å². The van der Waals surface area contributed by atoms with Gasteiger partial charge in [-0.15, -0.1) is 0 Å². The zero-order valence-electron chi connectivity index (χ0n) is 13.6. The molecule has 3 nitrogen and oxygen atoms in total. The smallest absolute Gasteiger partial charge is 0.118 e. The highest BCUT2D eigenvalue weighted by atomic mass is 16.5. The fraction of sp³-hybridized carbons (Fsp3) is 0.667. The molecule has 1 unspecified atom stereocenters. The second-order valence-corrected chi connectivity index (χ2v) is 6.31. The largest absolute Gasteiger partial charge is 0.497 e. The Morgan fingerprint density at radius 3 is 2.33 bits per heavy atom. The molecule has 21 heavy (non-hydrogen) atoms. The van der Waals surface area contributed by atoms with Crippen molar-refractivity contribution < 1.29 is 9.84 Å². The van der Waals surface area contributed by atoms with Crippen LogP contribution in [0.4, 0.5) is 0 Å². The highest BCUT2D eigenvalue weighted by molar-refractivity contribution is 5.28. The van der Waals surface area contributed by atoms with Gasteiger partial charge in [0, 0.05) is 12.6 Å². The predicted octanol–water partition coefficient (Wildman–Crippen LogP) is 3.63. The predicted molar refractivity (Wildman–Crippen MR) is 86.6 cm³/mol. The van der Waals surface area contributed by atoms with Gasteiger partial charge in [0.15, 0.2) is 0 Å². The molecule has 1 atom stereocenters. The first kappa shape index (κ1) is 16.3. The molecule has 3 heteroatoms. The van der Waals surface area contributed by atoms with Gasteiger partial charge in [-0.3, -0.25) is 0 Å². The summed E-state index contributed by atoms with van der Waals surface area (Å²) in [6.07, 6.45) is 6.10. The van der Waals surface area contributed by atoms with Crippen molar-refractivity contribution in [2.24, 2.45) is 5.92 Å². The van der Waals surface area contributed by atoms with E-state index in [1.165, 1.54) is 32.1 Å². The normalized spacial score (nSPS) is 24.0. The van der Waals surface area contributed by atoms with Gasteiger partial charge >= 0.3 is 0 Å². The minimum absolute atomic E-state index is 0.426. The van der Waals surface area contributed by atoms with Crippen LogP contribution >= 0.6 is 0 Å². The molecular formula is C18H29NO2. The number of hydrogen-bond donors (Lipinski definition) is 1. The van der Waals surface area contributed by atoms with Gasteiger partial charge in [-0.1, -0.05) is 25.5 Å². The third kappa shape index (κ3) is 4.45. The summed E-state index contributed by atoms with van der Waals surface area (Å²) < 4.78 is 5.15. The topological polar surface area (TPSA) is 32.7 Å². The minimum Gasteiger partial charge on any atom is -0.497 e. The molecule has 2 rings (SSSR count). The number of likely N-dealkylation sites (N-methyl/N-ethyl adjacent to an activating group) is 1. The van der Waals surface area contributed by atoms with Gasteiger partial charge in [0.1, 0.15) is 5.75 Å². The molecule has 1 aromatic carbocycles. The lowest BCUT2D eigenvalue weighted by Gasteiger charge is -2.35. The summed E-state index contributed by atoms with van der Waals surface area (Å²) in [5, 5.41) is 10.4. The first-order chi connectivity index (χ1) is 10.1. The van der Waals surface area contributed by atoms with Gasteiger partial charge in [0.2, 0.25) is 0 Å². The van der Waals surface area contributed by atoms with Crippen molar-refractivity contribution in [1.82, 2.24) is 4.90 Å². The van der Waals surface area contributed by atoms with Crippen LogP contribution in [0.15, 0.2) is 24.3 Å². The average Bonchev–Trinajstić information content (AvgIpc) is 2.55. The summed E-state index contributed by atoms with van der Waals surface area (Å²) in [4.78, 5) is 2.33. The second-order valence-electron chi connectivity index (χ2n) is 6.31. The summed E-state index contributed by atoms with van der Waals surface area (Å²) in [5.74, 6) is 1.75. The lowest BCUT2D eigenvalue weighted by atomic mass is 9.84. The molecule has 1 aromatic rings. The van der Waals surface area contributed by atoms with Crippen molar-refractivity contribution in [3.8, 4) is 5.75 Å². The zero-order valence-corrected chi connectivity index (χ0v) is 13.6. The first-order valence-corrected chi connectivity index (χ1v) is 8.16. The third-order valence-corrected chi connectivity index (χ3v) is 4.98. The van der Waals surface area contributed by atoms with E-state index in [1.807, 2.05) is 24.3 Å². The highest BCUT2D eigenvalue weighted by Crippen LogP contribution is 2.29. The molecule has 1 N–H and O–H groups in total. The first-order valence-electron chi connectivity index (χ1n) is 8.16. The number of rotatable bonds is 6. The van der Waals surface area contributed by atoms with Crippen LogP contribution in [0.1, 0.15) is 50.7 Å². The van der Waals surface area contributed by atoms with Crippen molar-refractivity contribution in [2.75, 3.05) is 20.7 Å². The van der Waals surface area contributed by atoms with Gasteiger partial charge in [-0.25, -0.2) is 0 Å². The van der Waals surface area contributed by atoms with E-state index in [-0.39, 0.29) is 0 Å². The molecule has 118 valence electrons. The average molecular weight is 291 g/mol. The molecule has 1 saturated carbocycles. The monoisotopic (exact) mass is 291 g/mol.